The molecule has 0 saturated heterocycles. The molecule has 4 aromatic rings. The number of rotatable bonds is 7. The summed E-state index contributed by atoms with van der Waals surface area (Å²) in [4.78, 5) is 32.3. The minimum absolute atomic E-state index is 0.0290. The molecule has 3 heterocycles. The molecule has 3 aromatic heterocycles. The Bertz CT molecular complexity index is 1510. The van der Waals surface area contributed by atoms with E-state index in [2.05, 4.69) is 20.4 Å². The number of hydrogen-bond donors (Lipinski definition) is 2. The number of anilines is 2. The minimum atomic E-state index is -0.915. The van der Waals surface area contributed by atoms with E-state index in [9.17, 15) is 20.0 Å². The van der Waals surface area contributed by atoms with Crippen LogP contribution in [0, 0.1) is 24.2 Å². The summed E-state index contributed by atoms with van der Waals surface area (Å²) in [6, 6.07) is 8.90. The first-order valence-corrected chi connectivity index (χ1v) is 10.7. The lowest BCUT2D eigenvalue weighted by Gasteiger charge is -2.11. The number of pyridine rings is 1. The second kappa shape index (κ2) is 8.99. The number of nitrogens with zero attached hydrogens (tertiary/aromatic N) is 6. The van der Waals surface area contributed by atoms with Crippen LogP contribution in [0.1, 0.15) is 24.7 Å². The fourth-order valence-corrected chi connectivity index (χ4v) is 3.77. The molecule has 2 N–H and O–H groups in total. The standard InChI is InChI=1S/C22H20ClN7O4/c1-11(21(31)32)6-7-30-18-8-13(4-5-17(18)29(3)22(30)33)26-15-9-16(20-25-12(2)28-34-20)27-19(23)14(15)10-24/h4-5,8-9,11H,6-7H2,1-3H3,(H,26,27)(H,31,32). The predicted octanol–water partition coefficient (Wildman–Crippen LogP) is 3.47. The van der Waals surface area contributed by atoms with Gasteiger partial charge in [-0.05, 0) is 37.6 Å². The molecule has 0 aliphatic carbocycles. The average molecular weight is 482 g/mol. The van der Waals surface area contributed by atoms with Crippen LogP contribution >= 0.6 is 11.6 Å². The maximum Gasteiger partial charge on any atom is 0.328 e. The number of halogens is 1. The molecule has 1 unspecified atom stereocenters. The molecule has 0 fully saturated rings. The van der Waals surface area contributed by atoms with Gasteiger partial charge in [-0.15, -0.1) is 0 Å². The number of imidazole rings is 1. The van der Waals surface area contributed by atoms with Gasteiger partial charge in [0.05, 0.1) is 22.6 Å². The number of carboxylic acids is 1. The molecule has 1 atom stereocenters. The molecule has 0 saturated carbocycles. The zero-order chi connectivity index (χ0) is 24.6. The van der Waals surface area contributed by atoms with Crippen LogP contribution in [-0.4, -0.2) is 35.3 Å². The van der Waals surface area contributed by atoms with E-state index in [1.54, 1.807) is 45.2 Å². The lowest BCUT2D eigenvalue weighted by Crippen LogP contribution is -2.24. The van der Waals surface area contributed by atoms with Gasteiger partial charge >= 0.3 is 11.7 Å². The van der Waals surface area contributed by atoms with Crippen LogP contribution in [0.4, 0.5) is 11.4 Å². The minimum Gasteiger partial charge on any atom is -0.481 e. The van der Waals surface area contributed by atoms with Crippen LogP contribution in [0.15, 0.2) is 33.6 Å². The topological polar surface area (TPSA) is 152 Å². The Morgan fingerprint density at radius 3 is 2.74 bits per heavy atom. The Labute approximate surface area is 198 Å². The van der Waals surface area contributed by atoms with E-state index in [-0.39, 0.29) is 28.8 Å². The van der Waals surface area contributed by atoms with E-state index in [0.29, 0.717) is 40.3 Å². The van der Waals surface area contributed by atoms with Gasteiger partial charge in [0.2, 0.25) is 0 Å². The van der Waals surface area contributed by atoms with Crippen molar-refractivity contribution in [3.8, 4) is 17.7 Å². The highest BCUT2D eigenvalue weighted by atomic mass is 35.5. The van der Waals surface area contributed by atoms with Gasteiger partial charge < -0.3 is 14.9 Å². The molecule has 0 spiro atoms. The molecule has 0 aliphatic heterocycles. The first kappa shape index (κ1) is 23.0. The predicted molar refractivity (Wildman–Crippen MR) is 124 cm³/mol. The maximum atomic E-state index is 12.8. The van der Waals surface area contributed by atoms with E-state index in [0.717, 1.165) is 0 Å². The summed E-state index contributed by atoms with van der Waals surface area (Å²) in [5.74, 6) is -0.919. The van der Waals surface area contributed by atoms with Gasteiger partial charge in [0.25, 0.3) is 5.89 Å². The molecule has 0 radical (unpaired) electrons. The highest BCUT2D eigenvalue weighted by molar-refractivity contribution is 6.31. The zero-order valence-corrected chi connectivity index (χ0v) is 19.3. The van der Waals surface area contributed by atoms with E-state index < -0.39 is 11.9 Å². The van der Waals surface area contributed by atoms with Crippen molar-refractivity contribution in [1.29, 1.82) is 5.26 Å². The number of fused-ring (bicyclic) bond motifs is 1. The second-order valence-electron chi connectivity index (χ2n) is 7.83. The largest absolute Gasteiger partial charge is 0.481 e. The molecule has 4 rings (SSSR count). The summed E-state index contributed by atoms with van der Waals surface area (Å²) in [6.45, 7) is 3.52. The van der Waals surface area contributed by atoms with E-state index in [4.69, 9.17) is 16.1 Å². The molecule has 0 aliphatic rings. The second-order valence-corrected chi connectivity index (χ2v) is 8.19. The lowest BCUT2D eigenvalue weighted by atomic mass is 10.1. The van der Waals surface area contributed by atoms with E-state index in [1.165, 1.54) is 9.13 Å². The number of benzene rings is 1. The quantitative estimate of drug-likeness (QED) is 0.378. The Morgan fingerprint density at radius 1 is 1.32 bits per heavy atom. The molecule has 34 heavy (non-hydrogen) atoms. The van der Waals surface area contributed by atoms with Gasteiger partial charge in [-0.3, -0.25) is 13.9 Å². The molecular formula is C22H20ClN7O4. The van der Waals surface area contributed by atoms with Crippen LogP contribution in [-0.2, 0) is 18.4 Å². The van der Waals surface area contributed by atoms with Crippen LogP contribution in [0.25, 0.3) is 22.6 Å². The Kier molecular flexibility index (Phi) is 6.08. The van der Waals surface area contributed by atoms with Gasteiger partial charge in [0.1, 0.15) is 22.5 Å². The third kappa shape index (κ3) is 4.23. The summed E-state index contributed by atoms with van der Waals surface area (Å²) < 4.78 is 8.20. The van der Waals surface area contributed by atoms with Crippen molar-refractivity contribution >= 4 is 40.0 Å². The highest BCUT2D eigenvalue weighted by Crippen LogP contribution is 2.31. The maximum absolute atomic E-state index is 12.8. The Hall–Kier alpha value is -4.17. The molecule has 174 valence electrons. The smallest absolute Gasteiger partial charge is 0.328 e. The number of carboxylic acid groups (broad SMARTS) is 1. The molecular weight excluding hydrogens is 462 g/mol. The third-order valence-corrected chi connectivity index (χ3v) is 5.74. The van der Waals surface area contributed by atoms with Gasteiger partial charge in [0.15, 0.2) is 5.82 Å². The Balaban J connectivity index is 1.74. The first-order valence-electron chi connectivity index (χ1n) is 10.3. The van der Waals surface area contributed by atoms with Crippen molar-refractivity contribution in [2.24, 2.45) is 13.0 Å². The normalized spacial score (nSPS) is 12.0. The summed E-state index contributed by atoms with van der Waals surface area (Å²) in [5, 5.41) is 25.7. The molecule has 0 amide bonds. The fraction of sp³-hybridized carbons (Fsp3) is 0.273. The molecule has 0 bridgehead atoms. The number of nitrogens with one attached hydrogen (secondary N) is 1. The number of nitriles is 1. The third-order valence-electron chi connectivity index (χ3n) is 5.47. The van der Waals surface area contributed by atoms with Crippen molar-refractivity contribution in [1.82, 2.24) is 24.3 Å². The number of carbonyl (C=O) groups is 1. The summed E-state index contributed by atoms with van der Waals surface area (Å²) in [5.41, 5.74) is 2.45. The number of hydrogen-bond acceptors (Lipinski definition) is 8. The SMILES string of the molecule is Cc1noc(-c2cc(Nc3ccc4c(c3)n(CCC(C)C(=O)O)c(=O)n4C)c(C#N)c(Cl)n2)n1. The lowest BCUT2D eigenvalue weighted by molar-refractivity contribution is -0.141. The van der Waals surface area contributed by atoms with Crippen LogP contribution in [0.3, 0.4) is 0 Å². The highest BCUT2D eigenvalue weighted by Gasteiger charge is 2.18. The zero-order valence-electron chi connectivity index (χ0n) is 18.5. The van der Waals surface area contributed by atoms with Crippen molar-refractivity contribution in [2.75, 3.05) is 5.32 Å². The first-order chi connectivity index (χ1) is 16.2. The van der Waals surface area contributed by atoms with E-state index >= 15 is 0 Å². The molecule has 1 aromatic carbocycles. The summed E-state index contributed by atoms with van der Waals surface area (Å²) >= 11 is 6.24. The average Bonchev–Trinajstić information content (AvgIpc) is 3.33. The van der Waals surface area contributed by atoms with Gasteiger partial charge in [-0.1, -0.05) is 23.7 Å². The number of aromatic nitrogens is 5. The van der Waals surface area contributed by atoms with E-state index in [1.807, 2.05) is 6.07 Å². The van der Waals surface area contributed by atoms with Crippen molar-refractivity contribution < 1.29 is 14.4 Å². The van der Waals surface area contributed by atoms with Crippen molar-refractivity contribution in [3.63, 3.8) is 0 Å². The van der Waals surface area contributed by atoms with Crippen molar-refractivity contribution in [2.45, 2.75) is 26.8 Å². The number of aryl methyl sites for hydroxylation is 3. The van der Waals surface area contributed by atoms with Gasteiger partial charge in [-0.2, -0.15) is 10.2 Å². The Morgan fingerprint density at radius 2 is 2.09 bits per heavy atom. The molecule has 12 heteroatoms. The van der Waals surface area contributed by atoms with Crippen molar-refractivity contribution in [3.05, 3.63) is 51.3 Å². The van der Waals surface area contributed by atoms with Gasteiger partial charge in [0, 0.05) is 19.3 Å². The van der Waals surface area contributed by atoms with Crippen LogP contribution in [0.2, 0.25) is 5.15 Å². The monoisotopic (exact) mass is 481 g/mol. The van der Waals surface area contributed by atoms with Gasteiger partial charge in [-0.25, -0.2) is 9.78 Å². The number of aliphatic carboxylic acids is 1. The summed E-state index contributed by atoms with van der Waals surface area (Å²) in [7, 11) is 1.66. The molecule has 11 nitrogen and oxygen atoms in total. The van der Waals surface area contributed by atoms with Crippen LogP contribution in [0.5, 0.6) is 0 Å². The van der Waals surface area contributed by atoms with Crippen LogP contribution < -0.4 is 11.0 Å². The summed E-state index contributed by atoms with van der Waals surface area (Å²) in [6.07, 6.45) is 0.303. The fourth-order valence-electron chi connectivity index (χ4n) is 3.54.